The van der Waals surface area contributed by atoms with Gasteiger partial charge in [-0.3, -0.25) is 0 Å². The van der Waals surface area contributed by atoms with E-state index in [9.17, 15) is 4.39 Å². The second kappa shape index (κ2) is 4.08. The first kappa shape index (κ1) is 10.9. The Hall–Kier alpha value is -0.650. The molecule has 0 bridgehead atoms. The summed E-state index contributed by atoms with van der Waals surface area (Å²) in [4.78, 5) is 11.6. The average molecular weight is 264 g/mol. The number of nitrogens with zero attached hydrogens (tertiary/aromatic N) is 3. The number of pyridine rings is 1. The van der Waals surface area contributed by atoms with Crippen LogP contribution in [0.4, 0.5) is 4.39 Å². The minimum atomic E-state index is -0.672. The predicted octanol–water partition coefficient (Wildman–Crippen LogP) is 3.19. The lowest BCUT2D eigenvalue weighted by Gasteiger charge is -2.03. The standard InChI is InChI=1S/C8H4Cl2FN3S/c1-15-8-12-2-3-5(13-8)4(11)7(10)14-6(3)9/h2H,1H3. The molecule has 7 heteroatoms. The molecule has 0 aliphatic carbocycles. The van der Waals surface area contributed by atoms with Gasteiger partial charge < -0.3 is 0 Å². The molecule has 0 aliphatic heterocycles. The highest BCUT2D eigenvalue weighted by Gasteiger charge is 2.13. The van der Waals surface area contributed by atoms with E-state index in [4.69, 9.17) is 23.2 Å². The van der Waals surface area contributed by atoms with Gasteiger partial charge in [0.1, 0.15) is 10.7 Å². The number of halogens is 3. The fourth-order valence-corrected chi connectivity index (χ4v) is 1.86. The van der Waals surface area contributed by atoms with Gasteiger partial charge in [0.2, 0.25) is 0 Å². The van der Waals surface area contributed by atoms with Crippen LogP contribution in [0, 0.1) is 5.82 Å². The molecule has 0 fully saturated rings. The third kappa shape index (κ3) is 1.87. The highest BCUT2D eigenvalue weighted by Crippen LogP contribution is 2.27. The number of fused-ring (bicyclic) bond motifs is 1. The lowest BCUT2D eigenvalue weighted by Crippen LogP contribution is -1.94. The van der Waals surface area contributed by atoms with Crippen molar-refractivity contribution in [1.29, 1.82) is 0 Å². The van der Waals surface area contributed by atoms with Gasteiger partial charge in [-0.1, -0.05) is 35.0 Å². The van der Waals surface area contributed by atoms with Crippen molar-refractivity contribution in [3.8, 4) is 0 Å². The lowest BCUT2D eigenvalue weighted by atomic mass is 10.3. The molecule has 78 valence electrons. The van der Waals surface area contributed by atoms with Gasteiger partial charge in [-0.25, -0.2) is 19.3 Å². The Balaban J connectivity index is 2.85. The Labute approximate surface area is 99.0 Å². The van der Waals surface area contributed by atoms with E-state index in [0.29, 0.717) is 10.5 Å². The Bertz CT molecular complexity index is 535. The van der Waals surface area contributed by atoms with Gasteiger partial charge in [0.05, 0.1) is 5.39 Å². The summed E-state index contributed by atoms with van der Waals surface area (Å²) in [7, 11) is 0. The zero-order valence-electron chi connectivity index (χ0n) is 7.46. The van der Waals surface area contributed by atoms with E-state index in [0.717, 1.165) is 0 Å². The molecule has 0 saturated carbocycles. The number of thioether (sulfide) groups is 1. The van der Waals surface area contributed by atoms with Crippen molar-refractivity contribution in [2.75, 3.05) is 6.26 Å². The van der Waals surface area contributed by atoms with E-state index in [-0.39, 0.29) is 15.8 Å². The molecule has 0 radical (unpaired) electrons. The Morgan fingerprint density at radius 3 is 2.67 bits per heavy atom. The highest BCUT2D eigenvalue weighted by atomic mass is 35.5. The van der Waals surface area contributed by atoms with Crippen LogP contribution in [0.1, 0.15) is 0 Å². The highest BCUT2D eigenvalue weighted by molar-refractivity contribution is 7.98. The Morgan fingerprint density at radius 2 is 2.00 bits per heavy atom. The van der Waals surface area contributed by atoms with Crippen molar-refractivity contribution in [3.05, 3.63) is 22.3 Å². The van der Waals surface area contributed by atoms with Crippen molar-refractivity contribution in [2.24, 2.45) is 0 Å². The van der Waals surface area contributed by atoms with E-state index in [1.807, 2.05) is 0 Å². The smallest absolute Gasteiger partial charge is 0.187 e. The molecule has 0 amide bonds. The minimum absolute atomic E-state index is 0.0966. The molecule has 2 heterocycles. The number of aromatic nitrogens is 3. The Morgan fingerprint density at radius 1 is 1.27 bits per heavy atom. The second-order valence-corrected chi connectivity index (χ2v) is 4.12. The fraction of sp³-hybridized carbons (Fsp3) is 0.125. The summed E-state index contributed by atoms with van der Waals surface area (Å²) >= 11 is 12.6. The largest absolute Gasteiger partial charge is 0.230 e. The molecule has 0 saturated heterocycles. The van der Waals surface area contributed by atoms with Crippen LogP contribution in [-0.4, -0.2) is 21.2 Å². The molecule has 0 unspecified atom stereocenters. The molecule has 0 aliphatic rings. The molecule has 2 aromatic heterocycles. The molecule has 2 rings (SSSR count). The van der Waals surface area contributed by atoms with Crippen LogP contribution < -0.4 is 0 Å². The van der Waals surface area contributed by atoms with Gasteiger partial charge in [0, 0.05) is 6.20 Å². The van der Waals surface area contributed by atoms with Crippen LogP contribution >= 0.6 is 35.0 Å². The minimum Gasteiger partial charge on any atom is -0.230 e. The van der Waals surface area contributed by atoms with Gasteiger partial charge in [-0.05, 0) is 6.26 Å². The fourth-order valence-electron chi connectivity index (χ4n) is 1.08. The number of rotatable bonds is 1. The van der Waals surface area contributed by atoms with Crippen LogP contribution in [0.15, 0.2) is 11.4 Å². The molecule has 0 aromatic carbocycles. The van der Waals surface area contributed by atoms with E-state index >= 15 is 0 Å². The van der Waals surface area contributed by atoms with Gasteiger partial charge in [-0.15, -0.1) is 0 Å². The third-order valence-corrected chi connectivity index (χ3v) is 2.86. The maximum atomic E-state index is 13.5. The zero-order valence-corrected chi connectivity index (χ0v) is 9.79. The number of hydrogen-bond donors (Lipinski definition) is 0. The second-order valence-electron chi connectivity index (χ2n) is 2.63. The molecule has 0 spiro atoms. The molecular formula is C8H4Cl2FN3S. The summed E-state index contributed by atoms with van der Waals surface area (Å²) < 4.78 is 13.5. The van der Waals surface area contributed by atoms with Crippen molar-refractivity contribution >= 4 is 45.9 Å². The summed E-state index contributed by atoms with van der Waals surface area (Å²) in [5.74, 6) is -0.672. The quantitative estimate of drug-likeness (QED) is 0.450. The first-order valence-electron chi connectivity index (χ1n) is 3.84. The average Bonchev–Trinajstić information content (AvgIpc) is 2.25. The third-order valence-electron chi connectivity index (χ3n) is 1.76. The Kier molecular flexibility index (Phi) is 2.95. The molecule has 0 atom stereocenters. The van der Waals surface area contributed by atoms with Gasteiger partial charge >= 0.3 is 0 Å². The summed E-state index contributed by atoms with van der Waals surface area (Å²) in [6.45, 7) is 0. The van der Waals surface area contributed by atoms with E-state index in [1.165, 1.54) is 18.0 Å². The molecule has 3 nitrogen and oxygen atoms in total. The van der Waals surface area contributed by atoms with E-state index in [2.05, 4.69) is 15.0 Å². The monoisotopic (exact) mass is 263 g/mol. The topological polar surface area (TPSA) is 38.7 Å². The van der Waals surface area contributed by atoms with Crippen molar-refractivity contribution in [2.45, 2.75) is 5.16 Å². The van der Waals surface area contributed by atoms with Crippen molar-refractivity contribution in [1.82, 2.24) is 15.0 Å². The van der Waals surface area contributed by atoms with Gasteiger partial charge in [0.25, 0.3) is 0 Å². The van der Waals surface area contributed by atoms with Gasteiger partial charge in [-0.2, -0.15) is 0 Å². The maximum absolute atomic E-state index is 13.5. The molecular weight excluding hydrogens is 260 g/mol. The van der Waals surface area contributed by atoms with E-state index < -0.39 is 5.82 Å². The van der Waals surface area contributed by atoms with Crippen molar-refractivity contribution in [3.63, 3.8) is 0 Å². The van der Waals surface area contributed by atoms with Gasteiger partial charge in [0.15, 0.2) is 16.1 Å². The molecule has 2 aromatic rings. The van der Waals surface area contributed by atoms with E-state index in [1.54, 1.807) is 6.26 Å². The predicted molar refractivity (Wildman–Crippen MR) is 59.1 cm³/mol. The first-order valence-corrected chi connectivity index (χ1v) is 5.82. The summed E-state index contributed by atoms with van der Waals surface area (Å²) in [6.07, 6.45) is 3.23. The normalized spacial score (nSPS) is 10.9. The molecule has 0 N–H and O–H groups in total. The summed E-state index contributed by atoms with van der Waals surface area (Å²) in [6, 6.07) is 0. The number of hydrogen-bond acceptors (Lipinski definition) is 4. The van der Waals surface area contributed by atoms with Crippen LogP contribution in [0.2, 0.25) is 10.3 Å². The zero-order chi connectivity index (χ0) is 11.0. The van der Waals surface area contributed by atoms with Crippen molar-refractivity contribution < 1.29 is 4.39 Å². The van der Waals surface area contributed by atoms with Crippen LogP contribution in [0.5, 0.6) is 0 Å². The molecule has 15 heavy (non-hydrogen) atoms. The van der Waals surface area contributed by atoms with Crippen LogP contribution in [-0.2, 0) is 0 Å². The summed E-state index contributed by atoms with van der Waals surface area (Å²) in [5, 5.41) is 0.637. The summed E-state index contributed by atoms with van der Waals surface area (Å²) in [5.41, 5.74) is 0.0966. The lowest BCUT2D eigenvalue weighted by molar-refractivity contribution is 0.629. The van der Waals surface area contributed by atoms with Crippen LogP contribution in [0.3, 0.4) is 0 Å². The first-order chi connectivity index (χ1) is 7.13. The SMILES string of the molecule is CSc1ncc2c(Cl)nc(Cl)c(F)c2n1. The van der Waals surface area contributed by atoms with Crippen LogP contribution in [0.25, 0.3) is 10.9 Å². The maximum Gasteiger partial charge on any atom is 0.187 e.